The van der Waals surface area contributed by atoms with Crippen LogP contribution >= 0.6 is 11.3 Å². The molecule has 2 aromatic carbocycles. The van der Waals surface area contributed by atoms with Crippen molar-refractivity contribution in [2.75, 3.05) is 24.6 Å². The Labute approximate surface area is 190 Å². The molecule has 1 N–H and O–H groups in total. The normalized spacial score (nSPS) is 10.9. The van der Waals surface area contributed by atoms with Crippen LogP contribution in [0, 0.1) is 0 Å². The minimum absolute atomic E-state index is 0.246. The van der Waals surface area contributed by atoms with Gasteiger partial charge in [-0.3, -0.25) is 9.10 Å². The fourth-order valence-electron chi connectivity index (χ4n) is 2.61. The van der Waals surface area contributed by atoms with Gasteiger partial charge in [0.15, 0.2) is 13.2 Å². The summed E-state index contributed by atoms with van der Waals surface area (Å²) in [5.74, 6) is -0.746. The zero-order valence-electron chi connectivity index (χ0n) is 17.3. The van der Waals surface area contributed by atoms with Gasteiger partial charge in [0.25, 0.3) is 15.9 Å². The van der Waals surface area contributed by atoms with Gasteiger partial charge in [-0.25, -0.2) is 13.2 Å². The maximum absolute atomic E-state index is 12.6. The number of sulfonamides is 1. The standard InChI is InChI=1S/C22H22N2O6S2/c1-24(32(27,28)22-8-5-13-31-22)18-9-11-19(12-10-18)29-16-21(26)30-15-20(25)23-14-17-6-3-2-4-7-17/h2-13H,14-16H2,1H3,(H,23,25). The molecular formula is C22H22N2O6S2. The predicted molar refractivity (Wildman–Crippen MR) is 121 cm³/mol. The molecule has 0 radical (unpaired) electrons. The molecule has 0 aliphatic carbocycles. The van der Waals surface area contributed by atoms with Crippen molar-refractivity contribution in [3.8, 4) is 5.75 Å². The number of hydrogen-bond acceptors (Lipinski definition) is 7. The molecule has 0 fully saturated rings. The summed E-state index contributed by atoms with van der Waals surface area (Å²) in [6.45, 7) is -0.440. The van der Waals surface area contributed by atoms with Crippen LogP contribution in [0.15, 0.2) is 76.3 Å². The highest BCUT2D eigenvalue weighted by Crippen LogP contribution is 2.26. The average molecular weight is 475 g/mol. The molecule has 10 heteroatoms. The Bertz CT molecular complexity index is 1130. The Morgan fingerprint density at radius 3 is 2.34 bits per heavy atom. The Morgan fingerprint density at radius 2 is 1.69 bits per heavy atom. The van der Waals surface area contributed by atoms with E-state index >= 15 is 0 Å². The maximum Gasteiger partial charge on any atom is 0.344 e. The topological polar surface area (TPSA) is 102 Å². The highest BCUT2D eigenvalue weighted by atomic mass is 32.2. The van der Waals surface area contributed by atoms with E-state index in [1.165, 1.54) is 11.4 Å². The van der Waals surface area contributed by atoms with Gasteiger partial charge in [-0.05, 0) is 41.3 Å². The van der Waals surface area contributed by atoms with Gasteiger partial charge in [-0.2, -0.15) is 0 Å². The molecule has 0 bridgehead atoms. The van der Waals surface area contributed by atoms with E-state index in [-0.39, 0.29) is 10.8 Å². The smallest absolute Gasteiger partial charge is 0.344 e. The summed E-state index contributed by atoms with van der Waals surface area (Å²) in [6.07, 6.45) is 0. The van der Waals surface area contributed by atoms with Gasteiger partial charge in [0.1, 0.15) is 9.96 Å². The van der Waals surface area contributed by atoms with Crippen LogP contribution in [0.2, 0.25) is 0 Å². The van der Waals surface area contributed by atoms with Gasteiger partial charge in [-0.15, -0.1) is 11.3 Å². The molecular weight excluding hydrogens is 452 g/mol. The largest absolute Gasteiger partial charge is 0.482 e. The van der Waals surface area contributed by atoms with Crippen LogP contribution in [-0.4, -0.2) is 40.6 Å². The Balaban J connectivity index is 1.42. The molecule has 0 saturated carbocycles. The molecule has 0 aliphatic heterocycles. The van der Waals surface area contributed by atoms with E-state index in [0.29, 0.717) is 18.0 Å². The van der Waals surface area contributed by atoms with Gasteiger partial charge in [0.05, 0.1) is 5.69 Å². The van der Waals surface area contributed by atoms with E-state index in [2.05, 4.69) is 5.32 Å². The highest BCUT2D eigenvalue weighted by Gasteiger charge is 2.22. The number of carbonyl (C=O) groups is 2. The molecule has 1 aromatic heterocycles. The van der Waals surface area contributed by atoms with Gasteiger partial charge in [0.2, 0.25) is 0 Å². The summed E-state index contributed by atoms with van der Waals surface area (Å²) >= 11 is 1.14. The molecule has 1 heterocycles. The Morgan fingerprint density at radius 1 is 0.969 bits per heavy atom. The third-order valence-electron chi connectivity index (χ3n) is 4.36. The second kappa shape index (κ2) is 10.8. The lowest BCUT2D eigenvalue weighted by Crippen LogP contribution is -2.29. The number of carbonyl (C=O) groups excluding carboxylic acids is 2. The lowest BCUT2D eigenvalue weighted by molar-refractivity contribution is -0.150. The monoisotopic (exact) mass is 474 g/mol. The van der Waals surface area contributed by atoms with Gasteiger partial charge < -0.3 is 14.8 Å². The van der Waals surface area contributed by atoms with Crippen LogP contribution in [0.1, 0.15) is 5.56 Å². The lowest BCUT2D eigenvalue weighted by Gasteiger charge is -2.18. The van der Waals surface area contributed by atoms with Crippen molar-refractivity contribution in [2.24, 2.45) is 0 Å². The fourth-order valence-corrected chi connectivity index (χ4v) is 4.97. The number of nitrogens with one attached hydrogen (secondary N) is 1. The van der Waals surface area contributed by atoms with Gasteiger partial charge in [0, 0.05) is 13.6 Å². The number of amides is 1. The van der Waals surface area contributed by atoms with E-state index in [0.717, 1.165) is 16.9 Å². The van der Waals surface area contributed by atoms with E-state index in [9.17, 15) is 18.0 Å². The number of nitrogens with zero attached hydrogens (tertiary/aromatic N) is 1. The molecule has 0 spiro atoms. The summed E-state index contributed by atoms with van der Waals surface area (Å²) < 4.78 is 36.8. The molecule has 0 saturated heterocycles. The zero-order valence-corrected chi connectivity index (χ0v) is 18.9. The second-order valence-corrected chi connectivity index (χ2v) is 9.75. The van der Waals surface area contributed by atoms with Crippen LogP contribution in [0.3, 0.4) is 0 Å². The first-order valence-electron chi connectivity index (χ1n) is 9.58. The first-order valence-corrected chi connectivity index (χ1v) is 11.9. The quantitative estimate of drug-likeness (QED) is 0.454. The number of benzene rings is 2. The minimum atomic E-state index is -3.63. The van der Waals surface area contributed by atoms with Crippen molar-refractivity contribution in [2.45, 2.75) is 10.8 Å². The summed E-state index contributed by atoms with van der Waals surface area (Å²) in [6, 6.07) is 18.8. The van der Waals surface area contributed by atoms with Gasteiger partial charge in [-0.1, -0.05) is 36.4 Å². The molecule has 0 atom stereocenters. The number of anilines is 1. The van der Waals surface area contributed by atoms with Crippen molar-refractivity contribution in [1.29, 1.82) is 0 Å². The molecule has 0 aliphatic rings. The van der Waals surface area contributed by atoms with E-state index in [1.807, 2.05) is 30.3 Å². The van der Waals surface area contributed by atoms with Crippen molar-refractivity contribution in [1.82, 2.24) is 5.32 Å². The number of rotatable bonds is 10. The van der Waals surface area contributed by atoms with Crippen LogP contribution < -0.4 is 14.4 Å². The summed E-state index contributed by atoms with van der Waals surface area (Å²) in [5, 5.41) is 4.36. The first kappa shape index (κ1) is 23.3. The molecule has 32 heavy (non-hydrogen) atoms. The van der Waals surface area contributed by atoms with Crippen LogP contribution in [0.25, 0.3) is 0 Å². The zero-order chi connectivity index (χ0) is 23.0. The molecule has 0 unspecified atom stereocenters. The first-order chi connectivity index (χ1) is 15.4. The lowest BCUT2D eigenvalue weighted by atomic mass is 10.2. The molecule has 3 rings (SSSR count). The summed E-state index contributed by atoms with van der Waals surface area (Å²) in [4.78, 5) is 23.6. The Kier molecular flexibility index (Phi) is 7.85. The molecule has 168 valence electrons. The Hall–Kier alpha value is -3.37. The van der Waals surface area contributed by atoms with Crippen LogP contribution in [-0.2, 0) is 30.9 Å². The minimum Gasteiger partial charge on any atom is -0.482 e. The molecule has 3 aromatic rings. The third kappa shape index (κ3) is 6.32. The van der Waals surface area contributed by atoms with Crippen LogP contribution in [0.4, 0.5) is 5.69 Å². The highest BCUT2D eigenvalue weighted by molar-refractivity contribution is 7.94. The number of ether oxygens (including phenoxy) is 2. The predicted octanol–water partition coefficient (Wildman–Crippen LogP) is 2.81. The van der Waals surface area contributed by atoms with Crippen molar-refractivity contribution < 1.29 is 27.5 Å². The average Bonchev–Trinajstić information content (AvgIpc) is 3.36. The van der Waals surface area contributed by atoms with E-state index < -0.39 is 28.5 Å². The third-order valence-corrected chi connectivity index (χ3v) is 7.52. The van der Waals surface area contributed by atoms with Gasteiger partial charge >= 0.3 is 5.97 Å². The summed E-state index contributed by atoms with van der Waals surface area (Å²) in [7, 11) is -2.16. The van der Waals surface area contributed by atoms with E-state index in [4.69, 9.17) is 9.47 Å². The SMILES string of the molecule is CN(c1ccc(OCC(=O)OCC(=O)NCc2ccccc2)cc1)S(=O)(=O)c1cccs1. The molecule has 1 amide bonds. The van der Waals surface area contributed by atoms with E-state index in [1.54, 1.807) is 41.8 Å². The maximum atomic E-state index is 12.6. The second-order valence-electron chi connectivity index (χ2n) is 6.61. The number of hydrogen-bond donors (Lipinski definition) is 1. The number of esters is 1. The molecule has 8 nitrogen and oxygen atoms in total. The van der Waals surface area contributed by atoms with Crippen molar-refractivity contribution in [3.63, 3.8) is 0 Å². The number of thiophene rings is 1. The van der Waals surface area contributed by atoms with Crippen molar-refractivity contribution >= 4 is 38.9 Å². The summed E-state index contributed by atoms with van der Waals surface area (Å²) in [5.41, 5.74) is 1.39. The fraction of sp³-hybridized carbons (Fsp3) is 0.182. The van der Waals surface area contributed by atoms with Crippen molar-refractivity contribution in [3.05, 3.63) is 77.7 Å². The van der Waals surface area contributed by atoms with Crippen LogP contribution in [0.5, 0.6) is 5.75 Å².